The van der Waals surface area contributed by atoms with E-state index in [1.165, 1.54) is 4.52 Å². The molecule has 0 saturated heterocycles. The normalized spacial score (nSPS) is 12.2. The van der Waals surface area contributed by atoms with Gasteiger partial charge in [0.25, 0.3) is 11.5 Å². The molecule has 0 unspecified atom stereocenters. The number of pyridine rings is 1. The van der Waals surface area contributed by atoms with Gasteiger partial charge in [0.1, 0.15) is 11.4 Å². The average Bonchev–Trinajstić information content (AvgIpc) is 3.32. The summed E-state index contributed by atoms with van der Waals surface area (Å²) in [7, 11) is 0. The van der Waals surface area contributed by atoms with Gasteiger partial charge in [0.15, 0.2) is 11.5 Å². The molecule has 10 nitrogen and oxygen atoms in total. The highest BCUT2D eigenvalue weighted by Crippen LogP contribution is 2.28. The van der Waals surface area contributed by atoms with Crippen LogP contribution in [0, 0.1) is 0 Å². The van der Waals surface area contributed by atoms with Crippen LogP contribution in [0.15, 0.2) is 90.1 Å². The van der Waals surface area contributed by atoms with Gasteiger partial charge in [0.2, 0.25) is 0 Å². The number of carbonyl (C=O) groups excluding carboxylic acids is 1. The van der Waals surface area contributed by atoms with Gasteiger partial charge in [0.05, 0.1) is 22.6 Å². The Balaban J connectivity index is 1.49. The van der Waals surface area contributed by atoms with E-state index in [1.807, 2.05) is 74.5 Å². The second-order valence-electron chi connectivity index (χ2n) is 10.1. The minimum atomic E-state index is -0.674. The number of para-hydroxylation sites is 1. The van der Waals surface area contributed by atoms with Gasteiger partial charge in [-0.05, 0) is 60.4 Å². The molecule has 0 spiro atoms. The molecule has 41 heavy (non-hydrogen) atoms. The number of hydrogen-bond donors (Lipinski definition) is 2. The van der Waals surface area contributed by atoms with Crippen molar-refractivity contribution < 1.29 is 4.79 Å². The maximum atomic E-state index is 14.2. The van der Waals surface area contributed by atoms with E-state index < -0.39 is 11.9 Å². The van der Waals surface area contributed by atoms with E-state index in [0.29, 0.717) is 28.1 Å². The summed E-state index contributed by atoms with van der Waals surface area (Å²) >= 11 is 0. The summed E-state index contributed by atoms with van der Waals surface area (Å²) < 4.78 is 3.04. The first-order valence-electron chi connectivity index (χ1n) is 13.3. The van der Waals surface area contributed by atoms with Crippen molar-refractivity contribution >= 4 is 28.3 Å². The lowest BCUT2D eigenvalue weighted by atomic mass is 10.0. The summed E-state index contributed by atoms with van der Waals surface area (Å²) in [5.41, 5.74) is 10.1. The Morgan fingerprint density at radius 2 is 1.68 bits per heavy atom. The lowest BCUT2D eigenvalue weighted by molar-refractivity contribution is 0.0940. The highest BCUT2D eigenvalue weighted by atomic mass is 16.2. The van der Waals surface area contributed by atoms with E-state index in [0.717, 1.165) is 16.8 Å². The lowest BCUT2D eigenvalue weighted by Crippen LogP contribution is -2.33. The second-order valence-corrected chi connectivity index (χ2v) is 10.1. The molecule has 10 heteroatoms. The number of hydrogen-bond acceptors (Lipinski definition) is 7. The molecule has 204 valence electrons. The molecule has 2 aromatic carbocycles. The smallest absolute Gasteiger partial charge is 0.266 e. The standard InChI is InChI=1S/C31H28N8O2/c1-18(2)23-14-17-38-29(35-23)26(27(32)37-38)30(40)34-19(3)28-36-24-11-7-10-22(20-12-15-33-16-13-20)25(24)31(41)39(28)21-8-5-4-6-9-21/h4-19H,1-3H3,(H2,32,37)(H,34,40)/t19-/m1/s1. The Hall–Kier alpha value is -5.38. The Labute approximate surface area is 235 Å². The van der Waals surface area contributed by atoms with E-state index in [-0.39, 0.29) is 22.9 Å². The predicted molar refractivity (Wildman–Crippen MR) is 158 cm³/mol. The minimum Gasteiger partial charge on any atom is -0.381 e. The number of nitrogens with zero attached hydrogens (tertiary/aromatic N) is 6. The van der Waals surface area contributed by atoms with Crippen LogP contribution < -0.4 is 16.6 Å². The van der Waals surface area contributed by atoms with Crippen molar-refractivity contribution in [1.82, 2.24) is 34.4 Å². The maximum Gasteiger partial charge on any atom is 0.266 e. The summed E-state index contributed by atoms with van der Waals surface area (Å²) in [6.07, 6.45) is 5.12. The summed E-state index contributed by atoms with van der Waals surface area (Å²) in [5, 5.41) is 7.73. The van der Waals surface area contributed by atoms with Crippen molar-refractivity contribution in [1.29, 1.82) is 0 Å². The third kappa shape index (κ3) is 4.59. The van der Waals surface area contributed by atoms with Crippen molar-refractivity contribution in [2.75, 3.05) is 5.73 Å². The van der Waals surface area contributed by atoms with E-state index in [1.54, 1.807) is 36.1 Å². The van der Waals surface area contributed by atoms with Gasteiger partial charge < -0.3 is 11.1 Å². The molecule has 0 radical (unpaired) electrons. The number of anilines is 1. The van der Waals surface area contributed by atoms with E-state index >= 15 is 0 Å². The Morgan fingerprint density at radius 3 is 2.41 bits per heavy atom. The Kier molecular flexibility index (Phi) is 6.50. The first-order valence-corrected chi connectivity index (χ1v) is 13.3. The molecular formula is C31H28N8O2. The number of fused-ring (bicyclic) bond motifs is 2. The number of nitrogens with two attached hydrogens (primary N) is 1. The van der Waals surface area contributed by atoms with Crippen LogP contribution in [0.25, 0.3) is 33.4 Å². The number of rotatable bonds is 6. The Bertz CT molecular complexity index is 1960. The second kappa shape index (κ2) is 10.3. The van der Waals surface area contributed by atoms with Crippen LogP contribution in [0.4, 0.5) is 5.82 Å². The number of nitrogens with one attached hydrogen (secondary N) is 1. The van der Waals surface area contributed by atoms with Gasteiger partial charge in [-0.25, -0.2) is 14.5 Å². The molecule has 4 aromatic heterocycles. The molecular weight excluding hydrogens is 516 g/mol. The molecule has 0 aliphatic rings. The highest BCUT2D eigenvalue weighted by molar-refractivity contribution is 6.04. The van der Waals surface area contributed by atoms with Crippen LogP contribution in [0.3, 0.4) is 0 Å². The van der Waals surface area contributed by atoms with Crippen LogP contribution in [-0.2, 0) is 0 Å². The van der Waals surface area contributed by atoms with Gasteiger partial charge >= 0.3 is 0 Å². The summed E-state index contributed by atoms with van der Waals surface area (Å²) in [4.78, 5) is 41.5. The summed E-state index contributed by atoms with van der Waals surface area (Å²) in [5.74, 6) is 0.139. The fourth-order valence-corrected chi connectivity index (χ4v) is 4.97. The summed E-state index contributed by atoms with van der Waals surface area (Å²) in [6.45, 7) is 5.83. The van der Waals surface area contributed by atoms with Crippen LogP contribution >= 0.6 is 0 Å². The fraction of sp³-hybridized carbons (Fsp3) is 0.161. The van der Waals surface area contributed by atoms with Crippen LogP contribution in [0.2, 0.25) is 0 Å². The molecule has 0 aliphatic heterocycles. The van der Waals surface area contributed by atoms with Crippen molar-refractivity contribution in [2.24, 2.45) is 0 Å². The van der Waals surface area contributed by atoms with Crippen molar-refractivity contribution in [3.8, 4) is 16.8 Å². The number of carbonyl (C=O) groups is 1. The molecule has 4 heterocycles. The van der Waals surface area contributed by atoms with Crippen LogP contribution in [-0.4, -0.2) is 35.0 Å². The van der Waals surface area contributed by atoms with E-state index in [2.05, 4.69) is 20.4 Å². The van der Waals surface area contributed by atoms with Gasteiger partial charge in [-0.1, -0.05) is 44.2 Å². The molecule has 1 atom stereocenters. The van der Waals surface area contributed by atoms with E-state index in [4.69, 9.17) is 10.7 Å². The Morgan fingerprint density at radius 1 is 0.927 bits per heavy atom. The van der Waals surface area contributed by atoms with Gasteiger partial charge in [-0.15, -0.1) is 5.10 Å². The monoisotopic (exact) mass is 544 g/mol. The minimum absolute atomic E-state index is 0.0667. The molecule has 3 N–H and O–H groups in total. The first kappa shape index (κ1) is 25.9. The number of amides is 1. The fourth-order valence-electron chi connectivity index (χ4n) is 4.97. The molecule has 6 rings (SSSR count). The van der Waals surface area contributed by atoms with Gasteiger partial charge in [-0.2, -0.15) is 0 Å². The lowest BCUT2D eigenvalue weighted by Gasteiger charge is -2.20. The molecule has 0 fully saturated rings. The first-order chi connectivity index (χ1) is 19.8. The molecule has 6 aromatic rings. The highest BCUT2D eigenvalue weighted by Gasteiger charge is 2.25. The summed E-state index contributed by atoms with van der Waals surface area (Å²) in [6, 6.07) is 19.7. The van der Waals surface area contributed by atoms with Crippen molar-refractivity contribution in [3.63, 3.8) is 0 Å². The maximum absolute atomic E-state index is 14.2. The van der Waals surface area contributed by atoms with Crippen LogP contribution in [0.1, 0.15) is 54.6 Å². The quantitative estimate of drug-likeness (QED) is 0.311. The zero-order chi connectivity index (χ0) is 28.7. The molecule has 0 aliphatic carbocycles. The number of aromatic nitrogens is 6. The van der Waals surface area contributed by atoms with E-state index in [9.17, 15) is 9.59 Å². The zero-order valence-electron chi connectivity index (χ0n) is 22.8. The van der Waals surface area contributed by atoms with Crippen molar-refractivity contribution in [2.45, 2.75) is 32.7 Å². The van der Waals surface area contributed by atoms with Gasteiger partial charge in [0, 0.05) is 24.3 Å². The average molecular weight is 545 g/mol. The third-order valence-electron chi connectivity index (χ3n) is 7.02. The topological polar surface area (TPSA) is 133 Å². The van der Waals surface area contributed by atoms with Crippen molar-refractivity contribution in [3.05, 3.63) is 113 Å². The van der Waals surface area contributed by atoms with Gasteiger partial charge in [-0.3, -0.25) is 19.1 Å². The molecule has 0 saturated carbocycles. The predicted octanol–water partition coefficient (Wildman–Crippen LogP) is 4.69. The third-order valence-corrected chi connectivity index (χ3v) is 7.02. The number of nitrogen functional groups attached to an aromatic ring is 1. The van der Waals surface area contributed by atoms with Crippen LogP contribution in [0.5, 0.6) is 0 Å². The zero-order valence-corrected chi connectivity index (χ0v) is 22.8. The number of benzene rings is 2. The molecule has 1 amide bonds. The molecule has 0 bridgehead atoms. The largest absolute Gasteiger partial charge is 0.381 e. The SMILES string of the molecule is CC(C)c1ccn2nc(N)c(C(=O)N[C@H](C)c3nc4cccc(-c5ccncc5)c4c(=O)n3-c3ccccc3)c2n1.